The molecule has 1 aliphatic carbocycles. The highest BCUT2D eigenvalue weighted by Gasteiger charge is 2.34. The monoisotopic (exact) mass is 430 g/mol. The average Bonchev–Trinajstić information content (AvgIpc) is 2.73. The zero-order valence-electron chi connectivity index (χ0n) is 17.1. The van der Waals surface area contributed by atoms with Gasteiger partial charge in [0.1, 0.15) is 11.5 Å². The van der Waals surface area contributed by atoms with Crippen molar-refractivity contribution >= 4 is 17.4 Å². The number of carboxylic acid groups (broad SMARTS) is 1. The second kappa shape index (κ2) is 8.13. The minimum atomic E-state index is -2.69. The number of halogens is 2. The van der Waals surface area contributed by atoms with E-state index in [1.165, 1.54) is 10.5 Å². The van der Waals surface area contributed by atoms with Gasteiger partial charge in [-0.15, -0.1) is 0 Å². The molecule has 0 radical (unpaired) electrons. The fourth-order valence-electron chi connectivity index (χ4n) is 4.02. The van der Waals surface area contributed by atoms with Crippen molar-refractivity contribution in [3.8, 4) is 0 Å². The van der Waals surface area contributed by atoms with Gasteiger partial charge in [-0.05, 0) is 25.8 Å². The Bertz CT molecular complexity index is 1130. The molecule has 2 N–H and O–H groups in total. The first-order valence-electron chi connectivity index (χ1n) is 10.3. The third-order valence-corrected chi connectivity index (χ3v) is 5.75. The highest BCUT2D eigenvalue weighted by Crippen LogP contribution is 2.30. The predicted octanol–water partition coefficient (Wildman–Crippen LogP) is 3.27. The molecule has 31 heavy (non-hydrogen) atoms. The van der Waals surface area contributed by atoms with E-state index in [4.69, 9.17) is 0 Å². The zero-order chi connectivity index (χ0) is 22.2. The van der Waals surface area contributed by atoms with E-state index in [1.807, 2.05) is 19.1 Å². The third-order valence-electron chi connectivity index (χ3n) is 5.75. The summed E-state index contributed by atoms with van der Waals surface area (Å²) in [5.74, 6) is -3.31. The van der Waals surface area contributed by atoms with Crippen molar-refractivity contribution < 1.29 is 18.7 Å². The molecule has 2 aromatic rings. The van der Waals surface area contributed by atoms with E-state index in [-0.39, 0.29) is 43.1 Å². The van der Waals surface area contributed by atoms with Crippen LogP contribution >= 0.6 is 0 Å². The van der Waals surface area contributed by atoms with Crippen molar-refractivity contribution in [3.63, 3.8) is 0 Å². The lowest BCUT2D eigenvalue weighted by Crippen LogP contribution is -2.40. The molecule has 4 rings (SSSR count). The van der Waals surface area contributed by atoms with Crippen molar-refractivity contribution in [2.24, 2.45) is 0 Å². The highest BCUT2D eigenvalue weighted by molar-refractivity contribution is 5.91. The van der Waals surface area contributed by atoms with Crippen molar-refractivity contribution in [3.05, 3.63) is 63.7 Å². The topological polar surface area (TPSA) is 86.9 Å². The van der Waals surface area contributed by atoms with Gasteiger partial charge in [0.05, 0.1) is 11.6 Å². The summed E-state index contributed by atoms with van der Waals surface area (Å²) in [5, 5.41) is 12.7. The Morgan fingerprint density at radius 1 is 1.26 bits per heavy atom. The van der Waals surface area contributed by atoms with E-state index in [0.29, 0.717) is 29.1 Å². The van der Waals surface area contributed by atoms with Crippen molar-refractivity contribution in [1.29, 1.82) is 0 Å². The molecule has 0 unspecified atom stereocenters. The maximum Gasteiger partial charge on any atom is 0.337 e. The molecule has 2 aromatic heterocycles. The number of aromatic nitrogens is 2. The minimum absolute atomic E-state index is 0.130. The van der Waals surface area contributed by atoms with Crippen molar-refractivity contribution in [1.82, 2.24) is 14.7 Å². The second-order valence-corrected chi connectivity index (χ2v) is 7.94. The van der Waals surface area contributed by atoms with Crippen LogP contribution in [0.2, 0.25) is 0 Å². The molecule has 1 fully saturated rings. The van der Waals surface area contributed by atoms with E-state index < -0.39 is 11.9 Å². The van der Waals surface area contributed by atoms with Gasteiger partial charge in [0.2, 0.25) is 0 Å². The van der Waals surface area contributed by atoms with E-state index in [9.17, 15) is 23.5 Å². The van der Waals surface area contributed by atoms with Crippen LogP contribution in [0.5, 0.6) is 0 Å². The lowest BCUT2D eigenvalue weighted by molar-refractivity contribution is -0.132. The summed E-state index contributed by atoms with van der Waals surface area (Å²) >= 11 is 0. The molecule has 7 nitrogen and oxygen atoms in total. The van der Waals surface area contributed by atoms with E-state index >= 15 is 0 Å². The average molecular weight is 430 g/mol. The standard InChI is InChI=1S/C22H24F2N4O3/c1-14(25-17-7-3-2-5-16(17)21(30)31)15-6-4-10-28-19(29)13-18(26-20(15)28)27-11-8-22(23,24)9-12-27/h4-7,10,13-14,25H,2-3,8-9,11-12H2,1H3,(H,30,31)/t14-/m1/s1. The van der Waals surface area contributed by atoms with Crippen molar-refractivity contribution in [2.45, 2.75) is 44.6 Å². The summed E-state index contributed by atoms with van der Waals surface area (Å²) < 4.78 is 28.5. The zero-order valence-corrected chi connectivity index (χ0v) is 17.1. The maximum absolute atomic E-state index is 13.5. The number of pyridine rings is 1. The molecular weight excluding hydrogens is 406 g/mol. The van der Waals surface area contributed by atoms with Crippen LogP contribution < -0.4 is 15.8 Å². The second-order valence-electron chi connectivity index (χ2n) is 7.94. The van der Waals surface area contributed by atoms with Gasteiger partial charge in [0, 0.05) is 49.5 Å². The Hall–Kier alpha value is -3.23. The number of fused-ring (bicyclic) bond motifs is 1. The maximum atomic E-state index is 13.5. The molecule has 0 spiro atoms. The van der Waals surface area contributed by atoms with Crippen LogP contribution in [0.1, 0.15) is 44.2 Å². The van der Waals surface area contributed by atoms with Gasteiger partial charge in [-0.1, -0.05) is 18.2 Å². The Balaban J connectivity index is 1.67. The third kappa shape index (κ3) is 4.30. The molecule has 164 valence electrons. The summed E-state index contributed by atoms with van der Waals surface area (Å²) in [6.45, 7) is 2.13. The quantitative estimate of drug-likeness (QED) is 0.757. The minimum Gasteiger partial charge on any atom is -0.478 e. The Morgan fingerprint density at radius 2 is 1.97 bits per heavy atom. The smallest absolute Gasteiger partial charge is 0.337 e. The van der Waals surface area contributed by atoms with Gasteiger partial charge in [-0.2, -0.15) is 0 Å². The summed E-state index contributed by atoms with van der Waals surface area (Å²) in [6.07, 6.45) is 6.01. The first kappa shape index (κ1) is 21.0. The van der Waals surface area contributed by atoms with Crippen molar-refractivity contribution in [2.75, 3.05) is 18.0 Å². The van der Waals surface area contributed by atoms with Crippen LogP contribution in [-0.4, -0.2) is 39.5 Å². The Morgan fingerprint density at radius 3 is 2.68 bits per heavy atom. The first-order valence-corrected chi connectivity index (χ1v) is 10.3. The molecule has 0 saturated carbocycles. The molecule has 0 bridgehead atoms. The van der Waals surface area contributed by atoms with E-state index in [0.717, 1.165) is 6.42 Å². The van der Waals surface area contributed by atoms with Crippen LogP contribution in [0, 0.1) is 0 Å². The van der Waals surface area contributed by atoms with Gasteiger partial charge >= 0.3 is 5.97 Å². The van der Waals surface area contributed by atoms with Gasteiger partial charge in [-0.25, -0.2) is 18.6 Å². The highest BCUT2D eigenvalue weighted by atomic mass is 19.3. The molecule has 2 aliphatic rings. The van der Waals surface area contributed by atoms with Crippen LogP contribution in [0.15, 0.2) is 52.6 Å². The van der Waals surface area contributed by atoms with Gasteiger partial charge in [0.25, 0.3) is 11.5 Å². The normalized spacial score (nSPS) is 19.5. The number of aliphatic carboxylic acids is 1. The van der Waals surface area contributed by atoms with Gasteiger partial charge < -0.3 is 15.3 Å². The van der Waals surface area contributed by atoms with Gasteiger partial charge in [-0.3, -0.25) is 9.20 Å². The molecular formula is C22H24F2N4O3. The Labute approximate surface area is 177 Å². The number of alkyl halides is 2. The summed E-state index contributed by atoms with van der Waals surface area (Å²) in [7, 11) is 0. The number of piperidine rings is 1. The fourth-order valence-corrected chi connectivity index (χ4v) is 4.02. The summed E-state index contributed by atoms with van der Waals surface area (Å²) in [5.41, 5.74) is 1.58. The Kier molecular flexibility index (Phi) is 5.51. The number of hydrogen-bond acceptors (Lipinski definition) is 5. The lowest BCUT2D eigenvalue weighted by atomic mass is 10.0. The molecule has 0 aromatic carbocycles. The molecule has 9 heteroatoms. The first-order chi connectivity index (χ1) is 14.7. The largest absolute Gasteiger partial charge is 0.478 e. The number of allylic oxidation sites excluding steroid dienone is 2. The number of rotatable bonds is 5. The van der Waals surface area contributed by atoms with Crippen LogP contribution in [0.25, 0.3) is 5.65 Å². The number of anilines is 1. The molecule has 1 saturated heterocycles. The SMILES string of the molecule is C[C@@H](NC1=CCCC=C1C(=O)O)c1cccn2c(=O)cc(N3CCC(F)(F)CC3)nc12. The number of carbonyl (C=O) groups is 1. The molecule has 0 amide bonds. The number of carboxylic acids is 1. The fraction of sp³-hybridized carbons (Fsp3) is 0.409. The summed E-state index contributed by atoms with van der Waals surface area (Å²) in [4.78, 5) is 30.6. The molecule has 1 atom stereocenters. The summed E-state index contributed by atoms with van der Waals surface area (Å²) in [6, 6.07) is 4.58. The van der Waals surface area contributed by atoms with E-state index in [1.54, 1.807) is 23.2 Å². The lowest BCUT2D eigenvalue weighted by Gasteiger charge is -2.32. The van der Waals surface area contributed by atoms with E-state index in [2.05, 4.69) is 10.3 Å². The number of nitrogens with zero attached hydrogens (tertiary/aromatic N) is 3. The van der Waals surface area contributed by atoms with Gasteiger partial charge in [0.15, 0.2) is 0 Å². The number of hydrogen-bond donors (Lipinski definition) is 2. The molecule has 3 heterocycles. The number of nitrogens with one attached hydrogen (secondary N) is 1. The van der Waals surface area contributed by atoms with Crippen LogP contribution in [0.4, 0.5) is 14.6 Å². The van der Waals surface area contributed by atoms with Crippen LogP contribution in [0.3, 0.4) is 0 Å². The predicted molar refractivity (Wildman–Crippen MR) is 112 cm³/mol. The molecule has 1 aliphatic heterocycles. The van der Waals surface area contributed by atoms with Crippen LogP contribution in [-0.2, 0) is 4.79 Å².